The summed E-state index contributed by atoms with van der Waals surface area (Å²) in [6.07, 6.45) is 2.35. The van der Waals surface area contributed by atoms with Gasteiger partial charge in [0.2, 0.25) is 5.88 Å². The van der Waals surface area contributed by atoms with Crippen molar-refractivity contribution in [2.75, 3.05) is 12.4 Å². The Labute approximate surface area is 119 Å². The van der Waals surface area contributed by atoms with Crippen LogP contribution in [-0.4, -0.2) is 17.0 Å². The lowest BCUT2D eigenvalue weighted by Gasteiger charge is -2.11. The molecule has 4 nitrogen and oxygen atoms in total. The van der Waals surface area contributed by atoms with Crippen LogP contribution < -0.4 is 10.1 Å². The molecule has 1 fully saturated rings. The maximum absolute atomic E-state index is 5.96. The second-order valence-electron chi connectivity index (χ2n) is 5.34. The fourth-order valence-electron chi connectivity index (χ4n) is 2.08. The van der Waals surface area contributed by atoms with Gasteiger partial charge in [-0.3, -0.25) is 0 Å². The summed E-state index contributed by atoms with van der Waals surface area (Å²) in [6.45, 7) is 4.09. The van der Waals surface area contributed by atoms with Crippen LogP contribution in [0.1, 0.15) is 35.7 Å². The summed E-state index contributed by atoms with van der Waals surface area (Å²) in [4.78, 5) is 9.03. The summed E-state index contributed by atoms with van der Waals surface area (Å²) in [5.74, 6) is 3.66. The third kappa shape index (κ3) is 2.74. The van der Waals surface area contributed by atoms with Crippen LogP contribution in [0, 0.1) is 13.8 Å². The molecular weight excluding hydrogens is 250 g/mol. The zero-order valence-corrected chi connectivity index (χ0v) is 12.1. The van der Waals surface area contributed by atoms with Crippen molar-refractivity contribution in [3.8, 4) is 11.6 Å². The molecule has 20 heavy (non-hydrogen) atoms. The number of benzene rings is 1. The molecule has 1 N–H and O–H groups in total. The van der Waals surface area contributed by atoms with Crippen molar-refractivity contribution >= 4 is 5.82 Å². The fraction of sp³-hybridized carbons (Fsp3) is 0.375. The fourth-order valence-corrected chi connectivity index (χ4v) is 2.08. The summed E-state index contributed by atoms with van der Waals surface area (Å²) in [6, 6.07) is 8.02. The van der Waals surface area contributed by atoms with Crippen molar-refractivity contribution in [2.45, 2.75) is 32.6 Å². The van der Waals surface area contributed by atoms with E-state index >= 15 is 0 Å². The Morgan fingerprint density at radius 2 is 1.95 bits per heavy atom. The highest BCUT2D eigenvalue weighted by Gasteiger charge is 2.27. The van der Waals surface area contributed by atoms with E-state index in [1.807, 2.05) is 26.1 Å². The molecule has 0 atom stereocenters. The Hall–Kier alpha value is -2.10. The summed E-state index contributed by atoms with van der Waals surface area (Å²) >= 11 is 0. The molecule has 0 bridgehead atoms. The first kappa shape index (κ1) is 12.9. The molecule has 1 saturated carbocycles. The molecule has 1 aliphatic carbocycles. The van der Waals surface area contributed by atoms with Crippen molar-refractivity contribution in [1.29, 1.82) is 0 Å². The van der Waals surface area contributed by atoms with E-state index in [1.54, 1.807) is 0 Å². The smallest absolute Gasteiger partial charge is 0.224 e. The highest BCUT2D eigenvalue weighted by molar-refractivity contribution is 5.43. The Balaban J connectivity index is 1.93. The van der Waals surface area contributed by atoms with Crippen molar-refractivity contribution in [3.63, 3.8) is 0 Å². The van der Waals surface area contributed by atoms with E-state index in [1.165, 1.54) is 18.4 Å². The molecule has 0 spiro atoms. The van der Waals surface area contributed by atoms with Crippen LogP contribution in [0.15, 0.2) is 24.3 Å². The third-order valence-corrected chi connectivity index (χ3v) is 3.48. The maximum atomic E-state index is 5.96. The van der Waals surface area contributed by atoms with E-state index in [2.05, 4.69) is 34.3 Å². The van der Waals surface area contributed by atoms with Gasteiger partial charge < -0.3 is 10.1 Å². The molecule has 0 radical (unpaired) electrons. The van der Waals surface area contributed by atoms with Crippen molar-refractivity contribution in [3.05, 3.63) is 41.2 Å². The molecule has 0 aliphatic heterocycles. The molecule has 1 aromatic carbocycles. The van der Waals surface area contributed by atoms with Gasteiger partial charge in [0.1, 0.15) is 17.4 Å². The van der Waals surface area contributed by atoms with Crippen LogP contribution in [0.25, 0.3) is 0 Å². The SMILES string of the molecule is CNc1cc(Oc2cc(C)ccc2C)nc(C2CC2)n1. The van der Waals surface area contributed by atoms with E-state index in [0.717, 1.165) is 23.0 Å². The number of hydrogen-bond acceptors (Lipinski definition) is 4. The van der Waals surface area contributed by atoms with Gasteiger partial charge in [-0.1, -0.05) is 12.1 Å². The van der Waals surface area contributed by atoms with Gasteiger partial charge in [0.15, 0.2) is 0 Å². The van der Waals surface area contributed by atoms with Gasteiger partial charge in [0.25, 0.3) is 0 Å². The number of nitrogens with one attached hydrogen (secondary N) is 1. The van der Waals surface area contributed by atoms with Gasteiger partial charge in [-0.25, -0.2) is 4.98 Å². The van der Waals surface area contributed by atoms with E-state index in [4.69, 9.17) is 4.74 Å². The predicted octanol–water partition coefficient (Wildman–Crippen LogP) is 3.80. The van der Waals surface area contributed by atoms with Gasteiger partial charge in [0.05, 0.1) is 0 Å². The number of ether oxygens (including phenoxy) is 1. The molecule has 1 aliphatic rings. The topological polar surface area (TPSA) is 47.0 Å². The number of aryl methyl sites for hydroxylation is 2. The first-order chi connectivity index (χ1) is 9.65. The lowest BCUT2D eigenvalue weighted by molar-refractivity contribution is 0.455. The van der Waals surface area contributed by atoms with Crippen LogP contribution in [0.4, 0.5) is 5.82 Å². The van der Waals surface area contributed by atoms with E-state index < -0.39 is 0 Å². The van der Waals surface area contributed by atoms with Crippen LogP contribution in [0.3, 0.4) is 0 Å². The zero-order chi connectivity index (χ0) is 14.1. The van der Waals surface area contributed by atoms with Crippen LogP contribution in [-0.2, 0) is 0 Å². The highest BCUT2D eigenvalue weighted by Crippen LogP contribution is 2.39. The molecule has 0 amide bonds. The summed E-state index contributed by atoms with van der Waals surface area (Å²) in [7, 11) is 1.86. The number of nitrogens with zero attached hydrogens (tertiary/aromatic N) is 2. The molecule has 1 aromatic heterocycles. The summed E-state index contributed by atoms with van der Waals surface area (Å²) in [5.41, 5.74) is 2.28. The van der Waals surface area contributed by atoms with Crippen molar-refractivity contribution in [1.82, 2.24) is 9.97 Å². The normalized spacial score (nSPS) is 14.2. The minimum absolute atomic E-state index is 0.504. The molecule has 3 rings (SSSR count). The quantitative estimate of drug-likeness (QED) is 0.917. The average Bonchev–Trinajstić information content (AvgIpc) is 3.27. The minimum atomic E-state index is 0.504. The van der Waals surface area contributed by atoms with Crippen LogP contribution >= 0.6 is 0 Å². The van der Waals surface area contributed by atoms with Gasteiger partial charge in [-0.05, 0) is 43.9 Å². The first-order valence-electron chi connectivity index (χ1n) is 6.97. The molecule has 2 aromatic rings. The molecule has 104 valence electrons. The van der Waals surface area contributed by atoms with E-state index in [0.29, 0.717) is 11.8 Å². The Bertz CT molecular complexity index is 636. The lowest BCUT2D eigenvalue weighted by Crippen LogP contribution is -2.01. The number of rotatable bonds is 4. The van der Waals surface area contributed by atoms with Gasteiger partial charge in [-0.15, -0.1) is 0 Å². The summed E-state index contributed by atoms with van der Waals surface area (Å²) in [5, 5.41) is 3.07. The second-order valence-corrected chi connectivity index (χ2v) is 5.34. The molecular formula is C16H19N3O. The Morgan fingerprint density at radius 3 is 2.65 bits per heavy atom. The molecule has 4 heteroatoms. The van der Waals surface area contributed by atoms with Crippen molar-refractivity contribution < 1.29 is 4.74 Å². The number of anilines is 1. The molecule has 1 heterocycles. The monoisotopic (exact) mass is 269 g/mol. The van der Waals surface area contributed by atoms with Gasteiger partial charge >= 0.3 is 0 Å². The largest absolute Gasteiger partial charge is 0.439 e. The highest BCUT2D eigenvalue weighted by atomic mass is 16.5. The minimum Gasteiger partial charge on any atom is -0.439 e. The Morgan fingerprint density at radius 1 is 1.15 bits per heavy atom. The summed E-state index contributed by atoms with van der Waals surface area (Å²) < 4.78 is 5.96. The molecule has 0 unspecified atom stereocenters. The van der Waals surface area contributed by atoms with Crippen molar-refractivity contribution in [2.24, 2.45) is 0 Å². The lowest BCUT2D eigenvalue weighted by atomic mass is 10.1. The van der Waals surface area contributed by atoms with E-state index in [-0.39, 0.29) is 0 Å². The van der Waals surface area contributed by atoms with E-state index in [9.17, 15) is 0 Å². The predicted molar refractivity (Wildman–Crippen MR) is 79.5 cm³/mol. The first-order valence-corrected chi connectivity index (χ1v) is 6.97. The number of hydrogen-bond donors (Lipinski definition) is 1. The van der Waals surface area contributed by atoms with Gasteiger partial charge in [-0.2, -0.15) is 4.98 Å². The Kier molecular flexibility index (Phi) is 3.30. The standard InChI is InChI=1S/C16H19N3O/c1-10-4-5-11(2)13(8-10)20-15-9-14(17-3)18-16(19-15)12-6-7-12/h4-5,8-9,12H,6-7H2,1-3H3,(H,17,18,19). The second kappa shape index (κ2) is 5.12. The van der Waals surface area contributed by atoms with Gasteiger partial charge in [0, 0.05) is 19.0 Å². The maximum Gasteiger partial charge on any atom is 0.224 e. The molecule has 0 saturated heterocycles. The third-order valence-electron chi connectivity index (χ3n) is 3.48. The van der Waals surface area contributed by atoms with Crippen LogP contribution in [0.2, 0.25) is 0 Å². The zero-order valence-electron chi connectivity index (χ0n) is 12.1. The number of aromatic nitrogens is 2. The van der Waals surface area contributed by atoms with Crippen LogP contribution in [0.5, 0.6) is 11.6 Å². The average molecular weight is 269 g/mol.